The maximum Gasteiger partial charge on any atom is 0.306 e. The van der Waals surface area contributed by atoms with E-state index in [4.69, 9.17) is 28.4 Å². The Balaban J connectivity index is 1.47. The Bertz CT molecular complexity index is 1310. The number of carbonyl (C=O) groups is 2. The summed E-state index contributed by atoms with van der Waals surface area (Å²) in [5, 5.41) is 11.5. The van der Waals surface area contributed by atoms with Gasteiger partial charge in [-0.15, -0.1) is 0 Å². The van der Waals surface area contributed by atoms with Crippen LogP contribution in [0.25, 0.3) is 0 Å². The molecule has 0 bridgehead atoms. The third-order valence-electron chi connectivity index (χ3n) is 12.4. The second-order valence-corrected chi connectivity index (χ2v) is 15.7. The Hall–Kier alpha value is -2.30. The molecule has 1 heterocycles. The van der Waals surface area contributed by atoms with Crippen molar-refractivity contribution in [2.24, 2.45) is 41.4 Å². The van der Waals surface area contributed by atoms with Crippen LogP contribution in [0.15, 0.2) is 35.9 Å². The molecule has 9 heteroatoms. The average molecular weight is 699 g/mol. The first kappa shape index (κ1) is 38.9. The maximum absolute atomic E-state index is 14.3. The van der Waals surface area contributed by atoms with Crippen molar-refractivity contribution < 1.29 is 43.1 Å². The predicted octanol–water partition coefficient (Wildman–Crippen LogP) is 6.89. The van der Waals surface area contributed by atoms with Gasteiger partial charge in [0.2, 0.25) is 0 Å². The average Bonchev–Trinajstić information content (AvgIpc) is 3.68. The zero-order valence-electron chi connectivity index (χ0n) is 31.5. The summed E-state index contributed by atoms with van der Waals surface area (Å²) in [5.74, 6) is 1.43. The summed E-state index contributed by atoms with van der Waals surface area (Å²) in [6.07, 6.45) is 6.21. The van der Waals surface area contributed by atoms with E-state index in [1.54, 1.807) is 28.4 Å². The number of aliphatic hydroxyl groups excluding tert-OH is 1. The van der Waals surface area contributed by atoms with Crippen LogP contribution in [0.4, 0.5) is 0 Å². The summed E-state index contributed by atoms with van der Waals surface area (Å²) < 4.78 is 35.5. The molecule has 3 fully saturated rings. The van der Waals surface area contributed by atoms with E-state index in [0.717, 1.165) is 62.7 Å². The van der Waals surface area contributed by atoms with Crippen LogP contribution in [0.5, 0.6) is 5.75 Å². The number of esters is 1. The van der Waals surface area contributed by atoms with Gasteiger partial charge in [-0.1, -0.05) is 52.3 Å². The van der Waals surface area contributed by atoms with Crippen LogP contribution in [-0.4, -0.2) is 82.1 Å². The van der Waals surface area contributed by atoms with Crippen molar-refractivity contribution in [1.82, 2.24) is 0 Å². The topological polar surface area (TPSA) is 110 Å². The Kier molecular flexibility index (Phi) is 13.6. The van der Waals surface area contributed by atoms with Crippen LogP contribution in [0.3, 0.4) is 0 Å². The van der Waals surface area contributed by atoms with Gasteiger partial charge < -0.3 is 33.5 Å². The standard InChI is InChI=1S/C41H62O9/c1-9-27-15-11-10-13-24(4)37(43)34-21-32-30-20-29(50-41(44)40(48-8)39(47-7)38(46-6)23(2)3)18-26(30)19-31(25-14-12-16-28(17-25)45-5)36(32)33(34)22-35(42)49-27/h12,14,16-17,21,23-24,26-27,29-33,36,38-41,44H,9-11,13,15,18-20,22H2,1-8H3/t24-,26?,27+,29-,30-,31?,32+,33-,36?,38?,39?,40?,41?/m1/s1. The molecule has 0 aromatic heterocycles. The molecular formula is C41H62O9. The Morgan fingerprint density at radius 3 is 2.30 bits per heavy atom. The normalized spacial score (nSPS) is 34.3. The fourth-order valence-electron chi connectivity index (χ4n) is 9.98. The highest BCUT2D eigenvalue weighted by molar-refractivity contribution is 5.98. The van der Waals surface area contributed by atoms with Gasteiger partial charge in [0, 0.05) is 33.2 Å². The fraction of sp³-hybridized carbons (Fsp3) is 0.756. The number of allylic oxidation sites excluding steroid dienone is 2. The van der Waals surface area contributed by atoms with E-state index in [1.165, 1.54) is 5.56 Å². The first-order chi connectivity index (χ1) is 24.0. The molecule has 4 aliphatic rings. The van der Waals surface area contributed by atoms with Gasteiger partial charge >= 0.3 is 5.97 Å². The predicted molar refractivity (Wildman–Crippen MR) is 191 cm³/mol. The van der Waals surface area contributed by atoms with E-state index in [0.29, 0.717) is 5.92 Å². The Morgan fingerprint density at radius 1 is 0.920 bits per heavy atom. The molecule has 0 amide bonds. The number of hydrogen-bond donors (Lipinski definition) is 1. The maximum atomic E-state index is 14.3. The number of Topliss-reactive ketones (excluding diaryl/α,β-unsaturated/α-hetero) is 1. The van der Waals surface area contributed by atoms with E-state index in [2.05, 4.69) is 45.9 Å². The first-order valence-electron chi connectivity index (χ1n) is 19.1. The monoisotopic (exact) mass is 698 g/mol. The second kappa shape index (κ2) is 17.5. The molecule has 5 rings (SSSR count). The summed E-state index contributed by atoms with van der Waals surface area (Å²) in [7, 11) is 6.49. The van der Waals surface area contributed by atoms with Crippen molar-refractivity contribution in [3.63, 3.8) is 0 Å². The lowest BCUT2D eigenvalue weighted by Gasteiger charge is -2.44. The molecule has 1 saturated heterocycles. The number of fused-ring (bicyclic) bond motifs is 5. The van der Waals surface area contributed by atoms with Crippen molar-refractivity contribution >= 4 is 11.8 Å². The van der Waals surface area contributed by atoms with Gasteiger partial charge in [0.1, 0.15) is 24.1 Å². The highest BCUT2D eigenvalue weighted by atomic mass is 16.6. The molecule has 1 N–H and O–H groups in total. The van der Waals surface area contributed by atoms with Gasteiger partial charge in [-0.3, -0.25) is 9.59 Å². The van der Waals surface area contributed by atoms with Gasteiger partial charge in [0.25, 0.3) is 0 Å². The Morgan fingerprint density at radius 2 is 1.64 bits per heavy atom. The van der Waals surface area contributed by atoms with Gasteiger partial charge in [-0.25, -0.2) is 0 Å². The minimum absolute atomic E-state index is 0.0619. The number of methoxy groups -OCH3 is 4. The van der Waals surface area contributed by atoms with E-state index >= 15 is 0 Å². The first-order valence-corrected chi connectivity index (χ1v) is 19.1. The molecule has 280 valence electrons. The third-order valence-corrected chi connectivity index (χ3v) is 12.4. The molecular weight excluding hydrogens is 636 g/mol. The number of ketones is 1. The fourth-order valence-corrected chi connectivity index (χ4v) is 9.98. The smallest absolute Gasteiger partial charge is 0.306 e. The summed E-state index contributed by atoms with van der Waals surface area (Å²) in [5.41, 5.74) is 1.99. The molecule has 13 atom stereocenters. The number of aliphatic hydroxyl groups is 1. The Labute approximate surface area is 299 Å². The number of benzene rings is 1. The molecule has 3 aliphatic carbocycles. The van der Waals surface area contributed by atoms with Gasteiger partial charge in [-0.05, 0) is 104 Å². The van der Waals surface area contributed by atoms with Crippen molar-refractivity contribution in [3.8, 4) is 5.75 Å². The van der Waals surface area contributed by atoms with Gasteiger partial charge in [-0.2, -0.15) is 0 Å². The minimum atomic E-state index is -1.21. The van der Waals surface area contributed by atoms with Crippen LogP contribution >= 0.6 is 0 Å². The van der Waals surface area contributed by atoms with Crippen molar-refractivity contribution in [1.29, 1.82) is 0 Å². The van der Waals surface area contributed by atoms with Gasteiger partial charge in [0.05, 0.1) is 25.7 Å². The van der Waals surface area contributed by atoms with Crippen LogP contribution in [0.2, 0.25) is 0 Å². The quantitative estimate of drug-likeness (QED) is 0.184. The number of hydrogen-bond acceptors (Lipinski definition) is 9. The number of cyclic esters (lactones) is 1. The van der Waals surface area contributed by atoms with Crippen LogP contribution in [-0.2, 0) is 33.3 Å². The minimum Gasteiger partial charge on any atom is -0.497 e. The zero-order chi connectivity index (χ0) is 36.1. The van der Waals surface area contributed by atoms with Crippen LogP contribution in [0.1, 0.15) is 97.0 Å². The molecule has 1 aromatic rings. The van der Waals surface area contributed by atoms with Crippen molar-refractivity contribution in [3.05, 3.63) is 41.5 Å². The molecule has 2 saturated carbocycles. The lowest BCUT2D eigenvalue weighted by Crippen LogP contribution is -2.50. The molecule has 7 unspecified atom stereocenters. The second-order valence-electron chi connectivity index (χ2n) is 15.7. The number of ether oxygens (including phenoxy) is 6. The summed E-state index contributed by atoms with van der Waals surface area (Å²) >= 11 is 0. The summed E-state index contributed by atoms with van der Waals surface area (Å²) in [6, 6.07) is 8.27. The SMILES string of the molecule is CC[C@H]1CCCC[C@@H](C)C(=O)C2=C[C@@H]3C(C(c4cccc(OC)c4)CC4C[C@@H](OC(O)C(OC)C(OC)C(OC)C(C)C)C[C@H]43)[C@@H]2CC(=O)O1. The van der Waals surface area contributed by atoms with Crippen molar-refractivity contribution in [2.45, 2.75) is 128 Å². The molecule has 1 aliphatic heterocycles. The molecule has 50 heavy (non-hydrogen) atoms. The van der Waals surface area contributed by atoms with Crippen LogP contribution < -0.4 is 4.74 Å². The molecule has 1 aromatic carbocycles. The lowest BCUT2D eigenvalue weighted by atomic mass is 9.59. The molecule has 0 spiro atoms. The third kappa shape index (κ3) is 8.33. The zero-order valence-corrected chi connectivity index (χ0v) is 31.5. The molecule has 0 radical (unpaired) electrons. The van der Waals surface area contributed by atoms with E-state index < -0.39 is 18.5 Å². The lowest BCUT2D eigenvalue weighted by molar-refractivity contribution is -0.236. The highest BCUT2D eigenvalue weighted by Crippen LogP contribution is 2.61. The number of carbonyl (C=O) groups excluding carboxylic acids is 2. The van der Waals surface area contributed by atoms with E-state index in [1.807, 2.05) is 12.1 Å². The molecule has 9 nitrogen and oxygen atoms in total. The summed E-state index contributed by atoms with van der Waals surface area (Å²) in [6.45, 7) is 8.23. The van der Waals surface area contributed by atoms with Crippen LogP contribution in [0, 0.1) is 41.4 Å². The van der Waals surface area contributed by atoms with E-state index in [9.17, 15) is 14.7 Å². The largest absolute Gasteiger partial charge is 0.497 e. The number of rotatable bonds is 12. The van der Waals surface area contributed by atoms with Gasteiger partial charge in [0.15, 0.2) is 12.1 Å². The highest BCUT2D eigenvalue weighted by Gasteiger charge is 2.56. The summed E-state index contributed by atoms with van der Waals surface area (Å²) in [4.78, 5) is 27.9. The van der Waals surface area contributed by atoms with E-state index in [-0.39, 0.29) is 77.9 Å². The van der Waals surface area contributed by atoms with Crippen molar-refractivity contribution in [2.75, 3.05) is 28.4 Å².